The molecule has 1 aliphatic carbocycles. The van der Waals surface area contributed by atoms with Crippen LogP contribution in [0.3, 0.4) is 0 Å². The summed E-state index contributed by atoms with van der Waals surface area (Å²) in [6, 6.07) is 18.7. The Morgan fingerprint density at radius 3 is 2.42 bits per heavy atom. The zero-order valence-corrected chi connectivity index (χ0v) is 17.6. The van der Waals surface area contributed by atoms with Gasteiger partial charge in [0.25, 0.3) is 0 Å². The highest BCUT2D eigenvalue weighted by atomic mass is 16.6. The van der Waals surface area contributed by atoms with Crippen molar-refractivity contribution >= 4 is 40.0 Å². The number of aryl methyl sites for hydroxylation is 1. The van der Waals surface area contributed by atoms with E-state index < -0.39 is 6.09 Å². The van der Waals surface area contributed by atoms with Crippen molar-refractivity contribution in [2.75, 3.05) is 16.0 Å². The Labute approximate surface area is 182 Å². The first-order valence-electron chi connectivity index (χ1n) is 10.7. The lowest BCUT2D eigenvalue weighted by Crippen LogP contribution is -2.24. The minimum atomic E-state index is -0.457. The monoisotopic (exact) mass is 417 g/mol. The first-order valence-corrected chi connectivity index (χ1v) is 10.7. The average Bonchev–Trinajstić information content (AvgIpc) is 2.77. The zero-order chi connectivity index (χ0) is 21.6. The van der Waals surface area contributed by atoms with Crippen LogP contribution in [0.1, 0.15) is 37.7 Å². The lowest BCUT2D eigenvalue weighted by molar-refractivity contribution is 0.0865. The summed E-state index contributed by atoms with van der Waals surface area (Å²) in [4.78, 5) is 24.9. The third-order valence-electron chi connectivity index (χ3n) is 5.60. The molecule has 31 heavy (non-hydrogen) atoms. The largest absolute Gasteiger partial charge is 0.446 e. The molecule has 160 valence electrons. The number of hydrogen-bond donors (Lipinski definition) is 3. The van der Waals surface area contributed by atoms with Gasteiger partial charge >= 0.3 is 12.1 Å². The fourth-order valence-electron chi connectivity index (χ4n) is 3.93. The van der Waals surface area contributed by atoms with Crippen LogP contribution >= 0.6 is 0 Å². The van der Waals surface area contributed by atoms with Gasteiger partial charge in [0.2, 0.25) is 0 Å². The summed E-state index contributed by atoms with van der Waals surface area (Å²) in [5.41, 5.74) is 2.82. The zero-order valence-electron chi connectivity index (χ0n) is 17.6. The maximum atomic E-state index is 12.6. The number of rotatable bonds is 4. The summed E-state index contributed by atoms with van der Waals surface area (Å²) in [6.45, 7) is 1.90. The van der Waals surface area contributed by atoms with E-state index >= 15 is 0 Å². The number of amides is 3. The number of nitrogens with one attached hydrogen (secondary N) is 3. The van der Waals surface area contributed by atoms with Gasteiger partial charge in [-0.25, -0.2) is 9.59 Å². The van der Waals surface area contributed by atoms with Crippen molar-refractivity contribution < 1.29 is 14.3 Å². The Balaban J connectivity index is 1.40. The van der Waals surface area contributed by atoms with Crippen molar-refractivity contribution in [1.82, 2.24) is 0 Å². The maximum absolute atomic E-state index is 12.6. The molecule has 6 heteroatoms. The molecule has 0 aromatic heterocycles. The smallest absolute Gasteiger partial charge is 0.411 e. The van der Waals surface area contributed by atoms with Gasteiger partial charge in [-0.15, -0.1) is 0 Å². The second-order valence-electron chi connectivity index (χ2n) is 7.93. The third kappa shape index (κ3) is 5.34. The van der Waals surface area contributed by atoms with E-state index in [4.69, 9.17) is 4.74 Å². The molecule has 0 unspecified atom stereocenters. The van der Waals surface area contributed by atoms with Crippen LogP contribution in [0.25, 0.3) is 10.8 Å². The van der Waals surface area contributed by atoms with Crippen LogP contribution in [0.2, 0.25) is 0 Å². The second kappa shape index (κ2) is 9.51. The fraction of sp³-hybridized carbons (Fsp3) is 0.280. The molecule has 3 N–H and O–H groups in total. The average molecular weight is 418 g/mol. The molecule has 0 heterocycles. The van der Waals surface area contributed by atoms with E-state index in [1.54, 1.807) is 12.1 Å². The van der Waals surface area contributed by atoms with Gasteiger partial charge in [-0.1, -0.05) is 48.9 Å². The van der Waals surface area contributed by atoms with Crippen molar-refractivity contribution in [1.29, 1.82) is 0 Å². The fourth-order valence-corrected chi connectivity index (χ4v) is 3.93. The van der Waals surface area contributed by atoms with Crippen LogP contribution in [0.4, 0.5) is 26.7 Å². The van der Waals surface area contributed by atoms with E-state index in [2.05, 4.69) is 16.0 Å². The Bertz CT molecular complexity index is 1090. The second-order valence-corrected chi connectivity index (χ2v) is 7.93. The van der Waals surface area contributed by atoms with Crippen molar-refractivity contribution in [3.63, 3.8) is 0 Å². The van der Waals surface area contributed by atoms with Crippen molar-refractivity contribution in [2.24, 2.45) is 0 Å². The van der Waals surface area contributed by atoms with Gasteiger partial charge < -0.3 is 15.4 Å². The summed E-state index contributed by atoms with van der Waals surface area (Å²) in [6.07, 6.45) is 4.77. The van der Waals surface area contributed by atoms with E-state index in [0.717, 1.165) is 47.7 Å². The third-order valence-corrected chi connectivity index (χ3v) is 5.60. The van der Waals surface area contributed by atoms with Gasteiger partial charge in [-0.05, 0) is 61.8 Å². The predicted molar refractivity (Wildman–Crippen MR) is 125 cm³/mol. The molecule has 0 aliphatic heterocycles. The number of anilines is 3. The molecule has 3 aromatic rings. The van der Waals surface area contributed by atoms with Crippen LogP contribution in [-0.2, 0) is 4.74 Å². The minimum Gasteiger partial charge on any atom is -0.446 e. The maximum Gasteiger partial charge on any atom is 0.411 e. The topological polar surface area (TPSA) is 79.5 Å². The Morgan fingerprint density at radius 2 is 1.58 bits per heavy atom. The molecule has 4 rings (SSSR count). The van der Waals surface area contributed by atoms with Gasteiger partial charge in [0.05, 0.1) is 5.69 Å². The number of fused-ring (bicyclic) bond motifs is 1. The van der Waals surface area contributed by atoms with Crippen molar-refractivity contribution in [3.8, 4) is 0 Å². The van der Waals surface area contributed by atoms with E-state index in [-0.39, 0.29) is 12.1 Å². The Kier molecular flexibility index (Phi) is 6.36. The Hall–Kier alpha value is -3.54. The lowest BCUT2D eigenvalue weighted by atomic mass is 9.98. The lowest BCUT2D eigenvalue weighted by Gasteiger charge is -2.22. The number of urea groups is 1. The van der Waals surface area contributed by atoms with Crippen LogP contribution in [-0.4, -0.2) is 18.2 Å². The molecular formula is C25H27N3O3. The first kappa shape index (κ1) is 20.7. The molecule has 6 nitrogen and oxygen atoms in total. The number of carbonyl (C=O) groups excluding carboxylic acids is 2. The molecule has 0 saturated heterocycles. The number of hydrogen-bond acceptors (Lipinski definition) is 3. The van der Waals surface area contributed by atoms with E-state index in [1.165, 1.54) is 6.42 Å². The van der Waals surface area contributed by atoms with E-state index in [9.17, 15) is 9.59 Å². The summed E-state index contributed by atoms with van der Waals surface area (Å²) < 4.78 is 5.52. The molecule has 1 fully saturated rings. The van der Waals surface area contributed by atoms with Gasteiger partial charge in [0.15, 0.2) is 0 Å². The van der Waals surface area contributed by atoms with Crippen LogP contribution in [0, 0.1) is 6.92 Å². The van der Waals surface area contributed by atoms with Crippen molar-refractivity contribution in [3.05, 3.63) is 66.2 Å². The van der Waals surface area contributed by atoms with Gasteiger partial charge in [0.1, 0.15) is 6.10 Å². The molecule has 0 radical (unpaired) electrons. The number of carbonyl (C=O) groups is 2. The van der Waals surface area contributed by atoms with E-state index in [0.29, 0.717) is 11.4 Å². The highest BCUT2D eigenvalue weighted by Gasteiger charge is 2.18. The Morgan fingerprint density at radius 1 is 0.839 bits per heavy atom. The highest BCUT2D eigenvalue weighted by molar-refractivity contribution is 6.06. The van der Waals surface area contributed by atoms with Gasteiger partial charge in [-0.2, -0.15) is 0 Å². The normalized spacial score (nSPS) is 14.1. The molecule has 3 aromatic carbocycles. The molecular weight excluding hydrogens is 390 g/mol. The van der Waals surface area contributed by atoms with Crippen molar-refractivity contribution in [2.45, 2.75) is 45.1 Å². The van der Waals surface area contributed by atoms with Crippen LogP contribution < -0.4 is 16.0 Å². The predicted octanol–water partition coefficient (Wildman–Crippen LogP) is 6.67. The minimum absolute atomic E-state index is 0.0109. The standard InChI is InChI=1S/C25H27N3O3/c1-17-14-15-19(26-25(30)31-20-10-3-2-4-11-20)16-23(17)28-24(29)27-22-13-7-9-18-8-5-6-12-21(18)22/h5-9,12-16,20H,2-4,10-11H2,1H3,(H,26,30)(H2,27,28,29). The quantitative estimate of drug-likeness (QED) is 0.443. The molecule has 1 saturated carbocycles. The SMILES string of the molecule is Cc1ccc(NC(=O)OC2CCCCC2)cc1NC(=O)Nc1cccc2ccccc12. The molecule has 3 amide bonds. The molecule has 0 atom stereocenters. The first-order chi connectivity index (χ1) is 15.1. The number of benzene rings is 3. The van der Waals surface area contributed by atoms with E-state index in [1.807, 2.05) is 55.5 Å². The highest BCUT2D eigenvalue weighted by Crippen LogP contribution is 2.25. The molecule has 1 aliphatic rings. The summed E-state index contributed by atoms with van der Waals surface area (Å²) in [5.74, 6) is 0. The molecule has 0 spiro atoms. The van der Waals surface area contributed by atoms with Crippen LogP contribution in [0.15, 0.2) is 60.7 Å². The van der Waals surface area contributed by atoms with Gasteiger partial charge in [-0.3, -0.25) is 5.32 Å². The summed E-state index contributed by atoms with van der Waals surface area (Å²) in [7, 11) is 0. The van der Waals surface area contributed by atoms with Crippen LogP contribution in [0.5, 0.6) is 0 Å². The van der Waals surface area contributed by atoms with Gasteiger partial charge in [0, 0.05) is 16.8 Å². The number of ether oxygens (including phenoxy) is 1. The molecule has 0 bridgehead atoms. The summed E-state index contributed by atoms with van der Waals surface area (Å²) in [5, 5.41) is 10.6. The summed E-state index contributed by atoms with van der Waals surface area (Å²) >= 11 is 0.